The molecule has 18 heavy (non-hydrogen) atoms. The number of benzene rings is 1. The Kier molecular flexibility index (Phi) is 2.95. The highest BCUT2D eigenvalue weighted by Gasteiger charge is 2.27. The normalized spacial score (nSPS) is 23.9. The summed E-state index contributed by atoms with van der Waals surface area (Å²) in [4.78, 5) is 3.13. The van der Waals surface area contributed by atoms with Crippen molar-refractivity contribution in [1.29, 1.82) is 0 Å². The van der Waals surface area contributed by atoms with Crippen LogP contribution in [-0.2, 0) is 4.74 Å². The predicted molar refractivity (Wildman–Crippen MR) is 70.8 cm³/mol. The highest BCUT2D eigenvalue weighted by molar-refractivity contribution is 7.71. The average molecular weight is 266 g/mol. The molecule has 3 nitrogen and oxygen atoms in total. The highest BCUT2D eigenvalue weighted by atomic mass is 32.1. The summed E-state index contributed by atoms with van der Waals surface area (Å²) in [5.41, 5.74) is 1.74. The Morgan fingerprint density at radius 1 is 1.44 bits per heavy atom. The monoisotopic (exact) mass is 266 g/mol. The summed E-state index contributed by atoms with van der Waals surface area (Å²) < 4.78 is 21.5. The van der Waals surface area contributed by atoms with Crippen molar-refractivity contribution in [3.05, 3.63) is 28.8 Å². The molecule has 0 aliphatic heterocycles. The minimum absolute atomic E-state index is 0.230. The van der Waals surface area contributed by atoms with E-state index in [0.29, 0.717) is 10.8 Å². The summed E-state index contributed by atoms with van der Waals surface area (Å²) in [7, 11) is 1.74. The summed E-state index contributed by atoms with van der Waals surface area (Å²) in [6.07, 6.45) is 3.28. The first-order chi connectivity index (χ1) is 8.69. The van der Waals surface area contributed by atoms with Crippen molar-refractivity contribution < 1.29 is 9.13 Å². The van der Waals surface area contributed by atoms with E-state index in [1.54, 1.807) is 19.2 Å². The Morgan fingerprint density at radius 3 is 3.00 bits per heavy atom. The van der Waals surface area contributed by atoms with Crippen LogP contribution in [0.4, 0.5) is 4.39 Å². The lowest BCUT2D eigenvalue weighted by Gasteiger charge is -2.13. The standard InChI is InChI=1S/C13H15FN2OS/c1-17-10-4-3-9(7-10)16-12-6-8(14)2-5-11(12)15-13(16)18/h2,5-6,9-10H,3-4,7H2,1H3,(H,15,18). The van der Waals surface area contributed by atoms with Crippen LogP contribution < -0.4 is 0 Å². The first-order valence-electron chi connectivity index (χ1n) is 6.11. The molecule has 1 saturated carbocycles. The molecular weight excluding hydrogens is 251 g/mol. The number of halogens is 1. The van der Waals surface area contributed by atoms with Gasteiger partial charge in [-0.25, -0.2) is 4.39 Å². The summed E-state index contributed by atoms with van der Waals surface area (Å²) in [6.45, 7) is 0. The van der Waals surface area contributed by atoms with Crippen LogP contribution in [-0.4, -0.2) is 22.8 Å². The molecule has 0 bridgehead atoms. The van der Waals surface area contributed by atoms with Crippen LogP contribution in [0.5, 0.6) is 0 Å². The van der Waals surface area contributed by atoms with Gasteiger partial charge in [-0.3, -0.25) is 0 Å². The van der Waals surface area contributed by atoms with Gasteiger partial charge >= 0.3 is 0 Å². The van der Waals surface area contributed by atoms with Gasteiger partial charge in [0.25, 0.3) is 0 Å². The van der Waals surface area contributed by atoms with Gasteiger partial charge in [-0.2, -0.15) is 0 Å². The van der Waals surface area contributed by atoms with Crippen LogP contribution in [0.25, 0.3) is 11.0 Å². The van der Waals surface area contributed by atoms with Gasteiger partial charge in [0.15, 0.2) is 4.77 Å². The molecule has 2 atom stereocenters. The first-order valence-corrected chi connectivity index (χ1v) is 6.52. The van der Waals surface area contributed by atoms with Crippen molar-refractivity contribution in [3.63, 3.8) is 0 Å². The topological polar surface area (TPSA) is 29.9 Å². The maximum Gasteiger partial charge on any atom is 0.178 e. The molecule has 1 aromatic heterocycles. The van der Waals surface area contributed by atoms with E-state index >= 15 is 0 Å². The molecule has 1 fully saturated rings. The van der Waals surface area contributed by atoms with Gasteiger partial charge in [0.1, 0.15) is 5.82 Å². The number of fused-ring (bicyclic) bond motifs is 1. The molecule has 1 aliphatic rings. The Labute approximate surface area is 110 Å². The maximum atomic E-state index is 13.4. The second-order valence-corrected chi connectivity index (χ2v) is 5.17. The Bertz CT molecular complexity index is 633. The summed E-state index contributed by atoms with van der Waals surface area (Å²) >= 11 is 5.35. The Morgan fingerprint density at radius 2 is 2.28 bits per heavy atom. The van der Waals surface area contributed by atoms with Gasteiger partial charge in [-0.15, -0.1) is 0 Å². The lowest BCUT2D eigenvalue weighted by molar-refractivity contribution is 0.106. The number of imidazole rings is 1. The number of ether oxygens (including phenoxy) is 1. The second-order valence-electron chi connectivity index (χ2n) is 4.79. The summed E-state index contributed by atoms with van der Waals surface area (Å²) in [5, 5.41) is 0. The fourth-order valence-corrected chi connectivity index (χ4v) is 3.18. The van der Waals surface area contributed by atoms with Crippen molar-refractivity contribution in [2.75, 3.05) is 7.11 Å². The minimum atomic E-state index is -0.230. The second kappa shape index (κ2) is 4.48. The summed E-state index contributed by atoms with van der Waals surface area (Å²) in [5.74, 6) is -0.230. The smallest absolute Gasteiger partial charge is 0.178 e. The quantitative estimate of drug-likeness (QED) is 0.842. The number of nitrogens with one attached hydrogen (secondary N) is 1. The summed E-state index contributed by atoms with van der Waals surface area (Å²) in [6, 6.07) is 5.03. The molecule has 0 radical (unpaired) electrons. The van der Waals surface area contributed by atoms with Gasteiger partial charge in [-0.05, 0) is 49.7 Å². The fraction of sp³-hybridized carbons (Fsp3) is 0.462. The average Bonchev–Trinajstić information content (AvgIpc) is 2.92. The van der Waals surface area contributed by atoms with Crippen molar-refractivity contribution >= 4 is 23.3 Å². The number of aromatic nitrogens is 2. The van der Waals surface area contributed by atoms with E-state index in [4.69, 9.17) is 17.0 Å². The van der Waals surface area contributed by atoms with Crippen molar-refractivity contribution in [3.8, 4) is 0 Å². The predicted octanol–water partition coefficient (Wildman–Crippen LogP) is 3.58. The fourth-order valence-electron chi connectivity index (χ4n) is 2.82. The third-order valence-corrected chi connectivity index (χ3v) is 4.03. The highest BCUT2D eigenvalue weighted by Crippen LogP contribution is 2.34. The van der Waals surface area contributed by atoms with E-state index in [1.807, 2.05) is 4.57 Å². The third-order valence-electron chi connectivity index (χ3n) is 3.74. The van der Waals surface area contributed by atoms with Gasteiger partial charge in [0.05, 0.1) is 17.1 Å². The molecule has 0 amide bonds. The minimum Gasteiger partial charge on any atom is -0.381 e. The van der Waals surface area contributed by atoms with Crippen LogP contribution in [0.15, 0.2) is 18.2 Å². The molecule has 5 heteroatoms. The number of aromatic amines is 1. The van der Waals surface area contributed by atoms with Crippen LogP contribution in [0.3, 0.4) is 0 Å². The Balaban J connectivity index is 2.08. The number of hydrogen-bond acceptors (Lipinski definition) is 2. The zero-order chi connectivity index (χ0) is 12.7. The molecule has 1 N–H and O–H groups in total. The van der Waals surface area contributed by atoms with Crippen molar-refractivity contribution in [2.24, 2.45) is 0 Å². The van der Waals surface area contributed by atoms with E-state index < -0.39 is 0 Å². The van der Waals surface area contributed by atoms with E-state index in [2.05, 4.69) is 4.98 Å². The molecule has 0 spiro atoms. The molecule has 3 rings (SSSR count). The molecule has 1 aliphatic carbocycles. The molecular formula is C13H15FN2OS. The molecule has 0 saturated heterocycles. The van der Waals surface area contributed by atoms with Gasteiger partial charge < -0.3 is 14.3 Å². The van der Waals surface area contributed by atoms with E-state index in [-0.39, 0.29) is 11.9 Å². The van der Waals surface area contributed by atoms with Crippen LogP contribution in [0, 0.1) is 10.6 Å². The largest absolute Gasteiger partial charge is 0.381 e. The van der Waals surface area contributed by atoms with Crippen molar-refractivity contribution in [1.82, 2.24) is 9.55 Å². The van der Waals surface area contributed by atoms with Crippen LogP contribution in [0.1, 0.15) is 25.3 Å². The van der Waals surface area contributed by atoms with Gasteiger partial charge in [-0.1, -0.05) is 0 Å². The zero-order valence-corrected chi connectivity index (χ0v) is 11.0. The number of rotatable bonds is 2. The lowest BCUT2D eigenvalue weighted by Crippen LogP contribution is -2.09. The van der Waals surface area contributed by atoms with E-state index in [9.17, 15) is 4.39 Å². The molecule has 2 aromatic rings. The van der Waals surface area contributed by atoms with E-state index in [1.165, 1.54) is 6.07 Å². The molecule has 1 heterocycles. The van der Waals surface area contributed by atoms with Crippen LogP contribution in [0.2, 0.25) is 0 Å². The maximum absolute atomic E-state index is 13.4. The lowest BCUT2D eigenvalue weighted by atomic mass is 10.2. The number of methoxy groups -OCH3 is 1. The first kappa shape index (κ1) is 11.9. The van der Waals surface area contributed by atoms with Crippen molar-refractivity contribution in [2.45, 2.75) is 31.4 Å². The van der Waals surface area contributed by atoms with Gasteiger partial charge in [0.2, 0.25) is 0 Å². The van der Waals surface area contributed by atoms with E-state index in [0.717, 1.165) is 30.3 Å². The Hall–Kier alpha value is -1.20. The number of hydrogen-bond donors (Lipinski definition) is 1. The van der Waals surface area contributed by atoms with Crippen LogP contribution >= 0.6 is 12.2 Å². The third kappa shape index (κ3) is 1.87. The van der Waals surface area contributed by atoms with Gasteiger partial charge in [0, 0.05) is 13.2 Å². The zero-order valence-electron chi connectivity index (χ0n) is 10.1. The molecule has 96 valence electrons. The SMILES string of the molecule is COC1CCC(n2c(=S)[nH]c3ccc(F)cc32)C1. The molecule has 1 aromatic carbocycles. The molecule has 2 unspecified atom stereocenters. The number of H-pyrrole nitrogens is 1. The number of nitrogens with zero attached hydrogens (tertiary/aromatic N) is 1.